The molecule has 1 aromatic heterocycles. The molecule has 2 heterocycles. The number of piperazine rings is 1. The molecule has 116 valence electrons. The Morgan fingerprint density at radius 2 is 1.57 bits per heavy atom. The maximum Gasteiger partial charge on any atom is 0.0723 e. The van der Waals surface area contributed by atoms with Crippen LogP contribution in [0, 0.1) is 0 Å². The van der Waals surface area contributed by atoms with E-state index in [1.54, 1.807) is 0 Å². The van der Waals surface area contributed by atoms with Crippen LogP contribution in [0.3, 0.4) is 0 Å². The monoisotopic (exact) mass is 323 g/mol. The maximum absolute atomic E-state index is 6.18. The molecule has 1 aliphatic heterocycles. The van der Waals surface area contributed by atoms with Gasteiger partial charge in [-0.1, -0.05) is 29.8 Å². The van der Waals surface area contributed by atoms with Crippen molar-refractivity contribution in [3.8, 4) is 0 Å². The standard InChI is InChI=1S/C19H18ClN3/c20-15-6-7-18-17(14-15)19(8-9-21-18)23-12-10-22(11-13-23)16-4-2-1-3-5-16/h1-9,14H,10-13H2. The van der Waals surface area contributed by atoms with E-state index in [4.69, 9.17) is 11.6 Å². The molecule has 2 aromatic carbocycles. The van der Waals surface area contributed by atoms with Crippen molar-refractivity contribution in [1.29, 1.82) is 0 Å². The van der Waals surface area contributed by atoms with Crippen LogP contribution in [-0.4, -0.2) is 31.2 Å². The zero-order valence-electron chi connectivity index (χ0n) is 12.8. The maximum atomic E-state index is 6.18. The Balaban J connectivity index is 1.58. The fourth-order valence-corrected chi connectivity index (χ4v) is 3.40. The second-order valence-electron chi connectivity index (χ2n) is 5.80. The molecule has 0 saturated carbocycles. The quantitative estimate of drug-likeness (QED) is 0.704. The number of hydrogen-bond acceptors (Lipinski definition) is 3. The highest BCUT2D eigenvalue weighted by Gasteiger charge is 2.19. The Kier molecular flexibility index (Phi) is 3.80. The van der Waals surface area contributed by atoms with Gasteiger partial charge in [0.15, 0.2) is 0 Å². The average molecular weight is 324 g/mol. The third-order valence-electron chi connectivity index (χ3n) is 4.42. The summed E-state index contributed by atoms with van der Waals surface area (Å²) in [5.74, 6) is 0. The van der Waals surface area contributed by atoms with Gasteiger partial charge in [-0.2, -0.15) is 0 Å². The summed E-state index contributed by atoms with van der Waals surface area (Å²) >= 11 is 6.18. The van der Waals surface area contributed by atoms with Gasteiger partial charge in [0, 0.05) is 54.2 Å². The number of aromatic nitrogens is 1. The van der Waals surface area contributed by atoms with Crippen molar-refractivity contribution in [3.63, 3.8) is 0 Å². The first kappa shape index (κ1) is 14.3. The normalized spacial score (nSPS) is 15.2. The van der Waals surface area contributed by atoms with Crippen LogP contribution in [-0.2, 0) is 0 Å². The summed E-state index contributed by atoms with van der Waals surface area (Å²) < 4.78 is 0. The van der Waals surface area contributed by atoms with Crippen molar-refractivity contribution in [3.05, 3.63) is 65.8 Å². The molecular weight excluding hydrogens is 306 g/mol. The number of rotatable bonds is 2. The van der Waals surface area contributed by atoms with Crippen LogP contribution < -0.4 is 9.80 Å². The molecule has 3 nitrogen and oxygen atoms in total. The van der Waals surface area contributed by atoms with Crippen molar-refractivity contribution >= 4 is 33.9 Å². The number of benzene rings is 2. The molecule has 0 spiro atoms. The SMILES string of the molecule is Clc1ccc2nccc(N3CCN(c4ccccc4)CC3)c2c1. The lowest BCUT2D eigenvalue weighted by Crippen LogP contribution is -2.46. The van der Waals surface area contributed by atoms with E-state index < -0.39 is 0 Å². The van der Waals surface area contributed by atoms with E-state index in [-0.39, 0.29) is 0 Å². The number of hydrogen-bond donors (Lipinski definition) is 0. The number of halogens is 1. The lowest BCUT2D eigenvalue weighted by molar-refractivity contribution is 0.655. The van der Waals surface area contributed by atoms with Crippen LogP contribution in [0.2, 0.25) is 5.02 Å². The summed E-state index contributed by atoms with van der Waals surface area (Å²) in [6.45, 7) is 4.05. The van der Waals surface area contributed by atoms with E-state index in [9.17, 15) is 0 Å². The smallest absolute Gasteiger partial charge is 0.0723 e. The molecule has 0 bridgehead atoms. The summed E-state index contributed by atoms with van der Waals surface area (Å²) in [5, 5.41) is 1.89. The minimum absolute atomic E-state index is 0.759. The highest BCUT2D eigenvalue weighted by molar-refractivity contribution is 6.31. The Morgan fingerprint density at radius 3 is 2.35 bits per heavy atom. The van der Waals surface area contributed by atoms with Gasteiger partial charge in [-0.15, -0.1) is 0 Å². The van der Waals surface area contributed by atoms with Crippen molar-refractivity contribution in [2.75, 3.05) is 36.0 Å². The number of pyridine rings is 1. The van der Waals surface area contributed by atoms with E-state index in [0.29, 0.717) is 0 Å². The topological polar surface area (TPSA) is 19.4 Å². The van der Waals surface area contributed by atoms with Gasteiger partial charge in [-0.3, -0.25) is 4.98 Å². The average Bonchev–Trinajstić information content (AvgIpc) is 2.62. The van der Waals surface area contributed by atoms with Gasteiger partial charge >= 0.3 is 0 Å². The van der Waals surface area contributed by atoms with Crippen molar-refractivity contribution < 1.29 is 0 Å². The van der Waals surface area contributed by atoms with Gasteiger partial charge in [-0.25, -0.2) is 0 Å². The summed E-state index contributed by atoms with van der Waals surface area (Å²) in [6.07, 6.45) is 1.88. The molecule has 1 fully saturated rings. The minimum Gasteiger partial charge on any atom is -0.368 e. The third kappa shape index (κ3) is 2.84. The lowest BCUT2D eigenvalue weighted by atomic mass is 10.1. The first-order chi connectivity index (χ1) is 11.3. The van der Waals surface area contributed by atoms with Crippen LogP contribution in [0.15, 0.2) is 60.8 Å². The van der Waals surface area contributed by atoms with Crippen molar-refractivity contribution in [2.24, 2.45) is 0 Å². The third-order valence-corrected chi connectivity index (χ3v) is 4.66. The Morgan fingerprint density at radius 1 is 0.826 bits per heavy atom. The first-order valence-electron chi connectivity index (χ1n) is 7.90. The predicted octanol–water partition coefficient (Wildman–Crippen LogP) is 4.21. The molecule has 4 heteroatoms. The van der Waals surface area contributed by atoms with E-state index in [0.717, 1.165) is 42.1 Å². The lowest BCUT2D eigenvalue weighted by Gasteiger charge is -2.37. The molecule has 0 N–H and O–H groups in total. The molecule has 23 heavy (non-hydrogen) atoms. The number of anilines is 2. The molecule has 4 rings (SSSR count). The fraction of sp³-hybridized carbons (Fsp3) is 0.211. The summed E-state index contributed by atoms with van der Waals surface area (Å²) in [6, 6.07) is 18.6. The molecule has 0 amide bonds. The van der Waals surface area contributed by atoms with Gasteiger partial charge in [0.05, 0.1) is 5.52 Å². The van der Waals surface area contributed by atoms with Gasteiger partial charge in [-0.05, 0) is 36.4 Å². The fourth-order valence-electron chi connectivity index (χ4n) is 3.22. The first-order valence-corrected chi connectivity index (χ1v) is 8.28. The molecule has 3 aromatic rings. The van der Waals surface area contributed by atoms with Crippen LogP contribution in [0.4, 0.5) is 11.4 Å². The largest absolute Gasteiger partial charge is 0.368 e. The number of nitrogens with zero attached hydrogens (tertiary/aromatic N) is 3. The van der Waals surface area contributed by atoms with E-state index in [1.165, 1.54) is 11.4 Å². The zero-order valence-corrected chi connectivity index (χ0v) is 13.6. The Hall–Kier alpha value is -2.26. The number of fused-ring (bicyclic) bond motifs is 1. The second kappa shape index (κ2) is 6.09. The van der Waals surface area contributed by atoms with Crippen molar-refractivity contribution in [2.45, 2.75) is 0 Å². The van der Waals surface area contributed by atoms with E-state index in [2.05, 4.69) is 51.2 Å². The summed E-state index contributed by atoms with van der Waals surface area (Å²) in [5.41, 5.74) is 3.53. The molecule has 0 radical (unpaired) electrons. The molecule has 1 aliphatic rings. The summed E-state index contributed by atoms with van der Waals surface area (Å²) in [4.78, 5) is 9.31. The van der Waals surface area contributed by atoms with Gasteiger partial charge in [0.2, 0.25) is 0 Å². The molecular formula is C19H18ClN3. The second-order valence-corrected chi connectivity index (χ2v) is 6.24. The highest BCUT2D eigenvalue weighted by atomic mass is 35.5. The van der Waals surface area contributed by atoms with E-state index >= 15 is 0 Å². The Bertz CT molecular complexity index is 811. The van der Waals surface area contributed by atoms with Gasteiger partial charge in [0.1, 0.15) is 0 Å². The van der Waals surface area contributed by atoms with Gasteiger partial charge < -0.3 is 9.80 Å². The summed E-state index contributed by atoms with van der Waals surface area (Å²) in [7, 11) is 0. The van der Waals surface area contributed by atoms with Crippen LogP contribution in [0.1, 0.15) is 0 Å². The molecule has 0 atom stereocenters. The molecule has 0 aliphatic carbocycles. The number of para-hydroxylation sites is 1. The highest BCUT2D eigenvalue weighted by Crippen LogP contribution is 2.29. The van der Waals surface area contributed by atoms with Crippen LogP contribution in [0.25, 0.3) is 10.9 Å². The predicted molar refractivity (Wildman–Crippen MR) is 97.6 cm³/mol. The zero-order chi connectivity index (χ0) is 15.6. The van der Waals surface area contributed by atoms with Gasteiger partial charge in [0.25, 0.3) is 0 Å². The molecule has 0 unspecified atom stereocenters. The van der Waals surface area contributed by atoms with Crippen LogP contribution >= 0.6 is 11.6 Å². The minimum atomic E-state index is 0.759. The van der Waals surface area contributed by atoms with Crippen molar-refractivity contribution in [1.82, 2.24) is 4.98 Å². The van der Waals surface area contributed by atoms with E-state index in [1.807, 2.05) is 24.4 Å². The molecule has 1 saturated heterocycles. The Labute approximate surface area is 141 Å². The van der Waals surface area contributed by atoms with Crippen LogP contribution in [0.5, 0.6) is 0 Å².